The molecule has 24 heavy (non-hydrogen) atoms. The van der Waals surface area contributed by atoms with Gasteiger partial charge in [0.2, 0.25) is 0 Å². The molecule has 122 valence electrons. The zero-order valence-electron chi connectivity index (χ0n) is 12.6. The van der Waals surface area contributed by atoms with Gasteiger partial charge in [0, 0.05) is 22.6 Å². The average molecular weight is 388 g/mol. The highest BCUT2D eigenvalue weighted by Gasteiger charge is 2.07. The molecule has 3 aromatic rings. The number of rotatable bonds is 5. The van der Waals surface area contributed by atoms with E-state index in [-0.39, 0.29) is 18.0 Å². The molecule has 1 amide bonds. The zero-order chi connectivity index (χ0) is 16.9. The lowest BCUT2D eigenvalue weighted by Gasteiger charge is -2.08. The Labute approximate surface area is 146 Å². The van der Waals surface area contributed by atoms with Crippen LogP contribution < -0.4 is 10.9 Å². The summed E-state index contributed by atoms with van der Waals surface area (Å²) in [6.07, 6.45) is 1.55. The Morgan fingerprint density at radius 3 is 2.67 bits per heavy atom. The van der Waals surface area contributed by atoms with E-state index in [0.717, 1.165) is 4.47 Å². The van der Waals surface area contributed by atoms with Crippen molar-refractivity contribution < 1.29 is 9.21 Å². The topological polar surface area (TPSA) is 77.1 Å². The van der Waals surface area contributed by atoms with Crippen LogP contribution in [0.3, 0.4) is 0 Å². The summed E-state index contributed by atoms with van der Waals surface area (Å²) >= 11 is 3.32. The maximum Gasteiger partial charge on any atom is 0.266 e. The van der Waals surface area contributed by atoms with Gasteiger partial charge in [-0.15, -0.1) is 0 Å². The van der Waals surface area contributed by atoms with Gasteiger partial charge < -0.3 is 9.73 Å². The van der Waals surface area contributed by atoms with Gasteiger partial charge in [-0.05, 0) is 42.5 Å². The second-order valence-corrected chi connectivity index (χ2v) is 5.94. The summed E-state index contributed by atoms with van der Waals surface area (Å²) in [4.78, 5) is 23.9. The molecule has 3 rings (SSSR count). The summed E-state index contributed by atoms with van der Waals surface area (Å²) in [5.74, 6) is 0.389. The maximum atomic E-state index is 12.0. The molecule has 7 heteroatoms. The fourth-order valence-corrected chi connectivity index (χ4v) is 2.41. The lowest BCUT2D eigenvalue weighted by molar-refractivity contribution is 0.0951. The van der Waals surface area contributed by atoms with Crippen molar-refractivity contribution in [3.63, 3.8) is 0 Å². The van der Waals surface area contributed by atoms with Crippen LogP contribution in [-0.4, -0.2) is 22.2 Å². The largest absolute Gasteiger partial charge is 0.463 e. The first-order valence-electron chi connectivity index (χ1n) is 7.29. The third kappa shape index (κ3) is 3.80. The Morgan fingerprint density at radius 2 is 1.96 bits per heavy atom. The molecule has 1 aromatic carbocycles. The van der Waals surface area contributed by atoms with Crippen molar-refractivity contribution in [2.45, 2.75) is 6.54 Å². The van der Waals surface area contributed by atoms with E-state index in [1.54, 1.807) is 48.7 Å². The van der Waals surface area contributed by atoms with Crippen molar-refractivity contribution in [2.75, 3.05) is 6.54 Å². The fourth-order valence-electron chi connectivity index (χ4n) is 2.14. The first-order chi connectivity index (χ1) is 11.6. The highest BCUT2D eigenvalue weighted by atomic mass is 79.9. The van der Waals surface area contributed by atoms with E-state index in [4.69, 9.17) is 4.42 Å². The monoisotopic (exact) mass is 387 g/mol. The molecule has 0 bridgehead atoms. The Morgan fingerprint density at radius 1 is 1.17 bits per heavy atom. The Kier molecular flexibility index (Phi) is 4.90. The molecular weight excluding hydrogens is 374 g/mol. The quantitative estimate of drug-likeness (QED) is 0.729. The molecule has 0 spiro atoms. The van der Waals surface area contributed by atoms with Crippen molar-refractivity contribution in [3.05, 3.63) is 75.2 Å². The molecule has 2 heterocycles. The maximum absolute atomic E-state index is 12.0. The fraction of sp³-hybridized carbons (Fsp3) is 0.118. The average Bonchev–Trinajstić information content (AvgIpc) is 3.11. The third-order valence-electron chi connectivity index (χ3n) is 3.36. The van der Waals surface area contributed by atoms with Gasteiger partial charge >= 0.3 is 0 Å². The minimum absolute atomic E-state index is 0.197. The summed E-state index contributed by atoms with van der Waals surface area (Å²) in [6.45, 7) is 0.569. The number of carbonyl (C=O) groups is 1. The summed E-state index contributed by atoms with van der Waals surface area (Å²) in [5, 5.41) is 7.02. The van der Waals surface area contributed by atoms with Crippen LogP contribution in [0.2, 0.25) is 0 Å². The van der Waals surface area contributed by atoms with Crippen LogP contribution in [0.4, 0.5) is 0 Å². The first kappa shape index (κ1) is 16.2. The Bertz CT molecular complexity index is 886. The number of aromatic nitrogens is 2. The molecule has 0 fully saturated rings. The van der Waals surface area contributed by atoms with Gasteiger partial charge in [0.15, 0.2) is 5.76 Å². The standard InChI is InChI=1S/C17H14BrN3O3/c18-13-5-3-12(4-6-13)17(23)19-9-10-21-16(22)8-7-14(20-21)15-2-1-11-24-15/h1-8,11H,9-10H2,(H,19,23). The summed E-state index contributed by atoms with van der Waals surface area (Å²) in [7, 11) is 0. The van der Waals surface area contributed by atoms with E-state index in [0.29, 0.717) is 23.6 Å². The van der Waals surface area contributed by atoms with Crippen LogP contribution in [0.15, 0.2) is 68.5 Å². The van der Waals surface area contributed by atoms with Gasteiger partial charge in [-0.3, -0.25) is 9.59 Å². The van der Waals surface area contributed by atoms with E-state index in [1.807, 2.05) is 0 Å². The highest BCUT2D eigenvalue weighted by Crippen LogP contribution is 2.15. The summed E-state index contributed by atoms with van der Waals surface area (Å²) < 4.78 is 7.49. The van der Waals surface area contributed by atoms with Crippen molar-refractivity contribution in [1.29, 1.82) is 0 Å². The molecule has 0 radical (unpaired) electrons. The van der Waals surface area contributed by atoms with E-state index >= 15 is 0 Å². The van der Waals surface area contributed by atoms with E-state index < -0.39 is 0 Å². The van der Waals surface area contributed by atoms with Gasteiger partial charge in [0.25, 0.3) is 11.5 Å². The Hall–Kier alpha value is -2.67. The molecule has 0 saturated heterocycles. The predicted octanol–water partition coefficient (Wildman–Crippen LogP) is 2.70. The number of hydrogen-bond acceptors (Lipinski definition) is 4. The van der Waals surface area contributed by atoms with Crippen molar-refractivity contribution in [3.8, 4) is 11.5 Å². The number of hydrogen-bond donors (Lipinski definition) is 1. The third-order valence-corrected chi connectivity index (χ3v) is 3.88. The Balaban J connectivity index is 1.64. The minimum Gasteiger partial charge on any atom is -0.463 e. The SMILES string of the molecule is O=C(NCCn1nc(-c2ccco2)ccc1=O)c1ccc(Br)cc1. The van der Waals surface area contributed by atoms with E-state index in [2.05, 4.69) is 26.3 Å². The second kappa shape index (κ2) is 7.27. The van der Waals surface area contributed by atoms with Crippen LogP contribution in [0, 0.1) is 0 Å². The van der Waals surface area contributed by atoms with Gasteiger partial charge in [0.1, 0.15) is 5.69 Å². The normalized spacial score (nSPS) is 10.5. The van der Waals surface area contributed by atoms with Gasteiger partial charge in [0.05, 0.1) is 12.8 Å². The number of nitrogens with one attached hydrogen (secondary N) is 1. The van der Waals surface area contributed by atoms with Crippen molar-refractivity contribution >= 4 is 21.8 Å². The molecule has 6 nitrogen and oxygen atoms in total. The number of amides is 1. The number of halogens is 1. The smallest absolute Gasteiger partial charge is 0.266 e. The predicted molar refractivity (Wildman–Crippen MR) is 92.7 cm³/mol. The van der Waals surface area contributed by atoms with Crippen LogP contribution in [0.1, 0.15) is 10.4 Å². The van der Waals surface area contributed by atoms with Crippen LogP contribution >= 0.6 is 15.9 Å². The lowest BCUT2D eigenvalue weighted by Crippen LogP contribution is -2.31. The molecule has 2 aromatic heterocycles. The van der Waals surface area contributed by atoms with Gasteiger partial charge in [-0.25, -0.2) is 4.68 Å². The van der Waals surface area contributed by atoms with Gasteiger partial charge in [-0.2, -0.15) is 5.10 Å². The van der Waals surface area contributed by atoms with Crippen LogP contribution in [0.25, 0.3) is 11.5 Å². The van der Waals surface area contributed by atoms with E-state index in [1.165, 1.54) is 10.7 Å². The number of carbonyl (C=O) groups excluding carboxylic acids is 1. The van der Waals surface area contributed by atoms with Crippen molar-refractivity contribution in [1.82, 2.24) is 15.1 Å². The second-order valence-electron chi connectivity index (χ2n) is 5.02. The van der Waals surface area contributed by atoms with E-state index in [9.17, 15) is 9.59 Å². The zero-order valence-corrected chi connectivity index (χ0v) is 14.2. The molecule has 0 aliphatic heterocycles. The molecule has 0 unspecified atom stereocenters. The van der Waals surface area contributed by atoms with Gasteiger partial charge in [-0.1, -0.05) is 15.9 Å². The molecule has 0 saturated carbocycles. The van der Waals surface area contributed by atoms with Crippen molar-refractivity contribution in [2.24, 2.45) is 0 Å². The molecule has 0 aliphatic rings. The number of nitrogens with zero attached hydrogens (tertiary/aromatic N) is 2. The first-order valence-corrected chi connectivity index (χ1v) is 8.08. The van der Waals surface area contributed by atoms with Crippen LogP contribution in [0.5, 0.6) is 0 Å². The highest BCUT2D eigenvalue weighted by molar-refractivity contribution is 9.10. The molecular formula is C17H14BrN3O3. The molecule has 0 atom stereocenters. The molecule has 0 aliphatic carbocycles. The number of furan rings is 1. The lowest BCUT2D eigenvalue weighted by atomic mass is 10.2. The summed E-state index contributed by atoms with van der Waals surface area (Å²) in [5.41, 5.74) is 0.893. The molecule has 1 N–H and O–H groups in total. The minimum atomic E-state index is -0.233. The summed E-state index contributed by atoms with van der Waals surface area (Å²) in [6, 6.07) is 13.6. The van der Waals surface area contributed by atoms with Crippen LogP contribution in [-0.2, 0) is 6.54 Å². The number of benzene rings is 1.